The highest BCUT2D eigenvalue weighted by Crippen LogP contribution is 2.26. The summed E-state index contributed by atoms with van der Waals surface area (Å²) in [5, 5.41) is 8.49. The number of ether oxygens (including phenoxy) is 1. The van der Waals surface area contributed by atoms with E-state index in [-0.39, 0.29) is 6.61 Å². The van der Waals surface area contributed by atoms with E-state index < -0.39 is 0 Å². The van der Waals surface area contributed by atoms with Crippen molar-refractivity contribution in [3.63, 3.8) is 0 Å². The summed E-state index contributed by atoms with van der Waals surface area (Å²) in [5.74, 6) is 0.964. The Morgan fingerprint density at radius 2 is 1.85 bits per heavy atom. The number of aliphatic hydroxyl groups excluding tert-OH is 1. The molecule has 2 heteroatoms. The van der Waals surface area contributed by atoms with Crippen LogP contribution < -0.4 is 0 Å². The van der Waals surface area contributed by atoms with E-state index in [2.05, 4.69) is 0 Å². The quantitative estimate of drug-likeness (QED) is 0.645. The molecule has 0 bridgehead atoms. The van der Waals surface area contributed by atoms with Gasteiger partial charge in [-0.1, -0.05) is 32.1 Å². The van der Waals surface area contributed by atoms with Crippen LogP contribution in [-0.4, -0.2) is 24.9 Å². The summed E-state index contributed by atoms with van der Waals surface area (Å²) in [5.41, 5.74) is 0. The van der Waals surface area contributed by atoms with Crippen molar-refractivity contribution in [1.29, 1.82) is 0 Å². The van der Waals surface area contributed by atoms with Gasteiger partial charge in [0, 0.05) is 6.61 Å². The minimum atomic E-state index is 0.156. The molecule has 0 amide bonds. The Hall–Kier alpha value is -0.0800. The molecule has 1 aliphatic rings. The molecule has 2 nitrogen and oxygen atoms in total. The maximum atomic E-state index is 8.49. The smallest absolute Gasteiger partial charge is 0.0697 e. The van der Waals surface area contributed by atoms with Crippen molar-refractivity contribution in [3.05, 3.63) is 0 Å². The second-order valence-electron chi connectivity index (χ2n) is 3.98. The molecule has 1 aliphatic carbocycles. The summed E-state index contributed by atoms with van der Waals surface area (Å²) in [6.45, 7) is 1.49. The molecule has 0 aromatic heterocycles. The van der Waals surface area contributed by atoms with E-state index in [1.165, 1.54) is 44.9 Å². The summed E-state index contributed by atoms with van der Waals surface area (Å²) in [7, 11) is 0. The molecule has 0 radical (unpaired) electrons. The average molecular weight is 186 g/mol. The fraction of sp³-hybridized carbons (Fsp3) is 1.00. The molecule has 0 saturated heterocycles. The lowest BCUT2D eigenvalue weighted by atomic mass is 9.86. The number of aliphatic hydroxyl groups is 1. The molecule has 1 saturated carbocycles. The lowest BCUT2D eigenvalue weighted by Crippen LogP contribution is -2.08. The van der Waals surface area contributed by atoms with Crippen molar-refractivity contribution < 1.29 is 9.84 Å². The molecule has 13 heavy (non-hydrogen) atoms. The van der Waals surface area contributed by atoms with Crippen LogP contribution in [0.15, 0.2) is 0 Å². The summed E-state index contributed by atoms with van der Waals surface area (Å²) in [4.78, 5) is 0. The molecular formula is C11H22O2. The second-order valence-corrected chi connectivity index (χ2v) is 3.98. The minimum Gasteiger partial charge on any atom is -0.394 e. The Morgan fingerprint density at radius 1 is 1.08 bits per heavy atom. The van der Waals surface area contributed by atoms with Gasteiger partial charge in [-0.05, 0) is 18.8 Å². The number of rotatable bonds is 6. The first-order chi connectivity index (χ1) is 6.43. The first-order valence-corrected chi connectivity index (χ1v) is 5.62. The molecule has 1 N–H and O–H groups in total. The van der Waals surface area contributed by atoms with Crippen LogP contribution in [0, 0.1) is 5.92 Å². The monoisotopic (exact) mass is 186 g/mol. The summed E-state index contributed by atoms with van der Waals surface area (Å²) in [6.07, 6.45) is 9.66. The van der Waals surface area contributed by atoms with E-state index in [4.69, 9.17) is 9.84 Å². The van der Waals surface area contributed by atoms with E-state index in [1.54, 1.807) is 0 Å². The van der Waals surface area contributed by atoms with E-state index in [1.807, 2.05) is 0 Å². The summed E-state index contributed by atoms with van der Waals surface area (Å²) < 4.78 is 5.22. The predicted octanol–water partition coefficient (Wildman–Crippen LogP) is 2.36. The van der Waals surface area contributed by atoms with E-state index in [0.717, 1.165) is 12.5 Å². The van der Waals surface area contributed by atoms with E-state index >= 15 is 0 Å². The Morgan fingerprint density at radius 3 is 2.54 bits per heavy atom. The third kappa shape index (κ3) is 5.27. The van der Waals surface area contributed by atoms with Gasteiger partial charge in [0.1, 0.15) is 0 Å². The topological polar surface area (TPSA) is 29.5 Å². The molecule has 0 aromatic carbocycles. The molecule has 0 aromatic rings. The first-order valence-electron chi connectivity index (χ1n) is 5.62. The maximum absolute atomic E-state index is 8.49. The Kier molecular flexibility index (Phi) is 6.21. The SMILES string of the molecule is OCCOCCCC1CCCCC1. The highest BCUT2D eigenvalue weighted by Gasteiger charge is 2.12. The van der Waals surface area contributed by atoms with Gasteiger partial charge in [-0.25, -0.2) is 0 Å². The standard InChI is InChI=1S/C11H22O2/c12-8-10-13-9-4-7-11-5-2-1-3-6-11/h11-12H,1-10H2. The second kappa shape index (κ2) is 7.34. The highest BCUT2D eigenvalue weighted by molar-refractivity contribution is 4.65. The van der Waals surface area contributed by atoms with Crippen molar-refractivity contribution in [2.75, 3.05) is 19.8 Å². The zero-order valence-corrected chi connectivity index (χ0v) is 8.50. The van der Waals surface area contributed by atoms with Gasteiger partial charge in [0.15, 0.2) is 0 Å². The van der Waals surface area contributed by atoms with Crippen LogP contribution in [0.3, 0.4) is 0 Å². The molecular weight excluding hydrogens is 164 g/mol. The van der Waals surface area contributed by atoms with Crippen molar-refractivity contribution in [2.45, 2.75) is 44.9 Å². The van der Waals surface area contributed by atoms with Crippen molar-refractivity contribution >= 4 is 0 Å². The van der Waals surface area contributed by atoms with Crippen LogP contribution in [0.5, 0.6) is 0 Å². The van der Waals surface area contributed by atoms with Crippen molar-refractivity contribution in [3.8, 4) is 0 Å². The maximum Gasteiger partial charge on any atom is 0.0697 e. The minimum absolute atomic E-state index is 0.156. The van der Waals surface area contributed by atoms with E-state index in [0.29, 0.717) is 6.61 Å². The highest BCUT2D eigenvalue weighted by atomic mass is 16.5. The van der Waals surface area contributed by atoms with Crippen molar-refractivity contribution in [2.24, 2.45) is 5.92 Å². The van der Waals surface area contributed by atoms with Crippen LogP contribution in [0.4, 0.5) is 0 Å². The zero-order valence-electron chi connectivity index (χ0n) is 8.50. The van der Waals surface area contributed by atoms with Gasteiger partial charge >= 0.3 is 0 Å². The van der Waals surface area contributed by atoms with Crippen molar-refractivity contribution in [1.82, 2.24) is 0 Å². The Bertz CT molecular complexity index is 109. The molecule has 1 rings (SSSR count). The lowest BCUT2D eigenvalue weighted by Gasteiger charge is -2.21. The van der Waals surface area contributed by atoms with E-state index in [9.17, 15) is 0 Å². The Balaban J connectivity index is 1.86. The van der Waals surface area contributed by atoms with Gasteiger partial charge in [-0.2, -0.15) is 0 Å². The van der Waals surface area contributed by atoms with Crippen LogP contribution >= 0.6 is 0 Å². The third-order valence-electron chi connectivity index (χ3n) is 2.86. The normalized spacial score (nSPS) is 19.2. The number of hydrogen-bond donors (Lipinski definition) is 1. The van der Waals surface area contributed by atoms with Crippen LogP contribution in [0.1, 0.15) is 44.9 Å². The molecule has 0 spiro atoms. The predicted molar refractivity (Wildman–Crippen MR) is 53.7 cm³/mol. The third-order valence-corrected chi connectivity index (χ3v) is 2.86. The lowest BCUT2D eigenvalue weighted by molar-refractivity contribution is 0.0865. The molecule has 0 heterocycles. The van der Waals surface area contributed by atoms with Crippen LogP contribution in [0.25, 0.3) is 0 Å². The molecule has 78 valence electrons. The van der Waals surface area contributed by atoms with Crippen LogP contribution in [-0.2, 0) is 4.74 Å². The largest absolute Gasteiger partial charge is 0.394 e. The van der Waals surface area contributed by atoms with Gasteiger partial charge in [0.2, 0.25) is 0 Å². The molecule has 0 aliphatic heterocycles. The average Bonchev–Trinajstić information content (AvgIpc) is 2.19. The van der Waals surface area contributed by atoms with Gasteiger partial charge in [-0.3, -0.25) is 0 Å². The molecule has 1 fully saturated rings. The molecule has 0 atom stereocenters. The van der Waals surface area contributed by atoms with Gasteiger partial charge in [0.25, 0.3) is 0 Å². The number of hydrogen-bond acceptors (Lipinski definition) is 2. The first kappa shape index (κ1) is 11.0. The van der Waals surface area contributed by atoms with Gasteiger partial charge < -0.3 is 9.84 Å². The molecule has 0 unspecified atom stereocenters. The van der Waals surface area contributed by atoms with Gasteiger partial charge in [-0.15, -0.1) is 0 Å². The summed E-state index contributed by atoms with van der Waals surface area (Å²) in [6, 6.07) is 0. The van der Waals surface area contributed by atoms with Gasteiger partial charge in [0.05, 0.1) is 13.2 Å². The fourth-order valence-electron chi connectivity index (χ4n) is 2.12. The zero-order chi connectivity index (χ0) is 9.36. The summed E-state index contributed by atoms with van der Waals surface area (Å²) >= 11 is 0. The van der Waals surface area contributed by atoms with Crippen LogP contribution in [0.2, 0.25) is 0 Å². The fourth-order valence-corrected chi connectivity index (χ4v) is 2.12. The Labute approximate surface area is 81.3 Å².